The SMILES string of the molecule is CCN1CC(CCO)CC(NCC(F)(F)F)C1. The van der Waals surface area contributed by atoms with E-state index in [4.69, 9.17) is 5.11 Å². The minimum absolute atomic E-state index is 0.105. The fraction of sp³-hybridized carbons (Fsp3) is 1.00. The van der Waals surface area contributed by atoms with Gasteiger partial charge >= 0.3 is 6.18 Å². The van der Waals surface area contributed by atoms with Crippen LogP contribution in [-0.2, 0) is 0 Å². The van der Waals surface area contributed by atoms with Gasteiger partial charge in [0.05, 0.1) is 6.54 Å². The maximum absolute atomic E-state index is 12.1. The van der Waals surface area contributed by atoms with E-state index in [1.807, 2.05) is 6.92 Å². The van der Waals surface area contributed by atoms with Crippen LogP contribution in [0.25, 0.3) is 0 Å². The van der Waals surface area contributed by atoms with Crippen LogP contribution in [0.1, 0.15) is 19.8 Å². The molecular formula is C11H21F3N2O. The summed E-state index contributed by atoms with van der Waals surface area (Å²) in [4.78, 5) is 2.14. The summed E-state index contributed by atoms with van der Waals surface area (Å²) in [6.07, 6.45) is -2.77. The van der Waals surface area contributed by atoms with Gasteiger partial charge in [0.1, 0.15) is 0 Å². The maximum atomic E-state index is 12.1. The number of halogens is 3. The summed E-state index contributed by atoms with van der Waals surface area (Å²) in [5, 5.41) is 11.5. The molecule has 1 fully saturated rings. The van der Waals surface area contributed by atoms with Crippen LogP contribution < -0.4 is 5.32 Å². The second-order valence-corrected chi connectivity index (χ2v) is 4.66. The lowest BCUT2D eigenvalue weighted by Crippen LogP contribution is -2.51. The van der Waals surface area contributed by atoms with Gasteiger partial charge in [-0.1, -0.05) is 6.92 Å². The van der Waals surface area contributed by atoms with Crippen LogP contribution in [0.4, 0.5) is 13.2 Å². The first-order chi connectivity index (χ1) is 7.94. The van der Waals surface area contributed by atoms with Crippen LogP contribution in [0.15, 0.2) is 0 Å². The monoisotopic (exact) mass is 254 g/mol. The third-order valence-electron chi connectivity index (χ3n) is 3.19. The molecule has 1 aliphatic heterocycles. The molecule has 1 heterocycles. The van der Waals surface area contributed by atoms with Crippen molar-refractivity contribution in [1.82, 2.24) is 10.2 Å². The number of hydrogen-bond donors (Lipinski definition) is 2. The molecule has 2 atom stereocenters. The summed E-state index contributed by atoms with van der Waals surface area (Å²) in [5.74, 6) is 0.291. The highest BCUT2D eigenvalue weighted by atomic mass is 19.4. The van der Waals surface area contributed by atoms with E-state index in [0.29, 0.717) is 25.3 Å². The summed E-state index contributed by atoms with van der Waals surface area (Å²) in [5.41, 5.74) is 0. The highest BCUT2D eigenvalue weighted by Crippen LogP contribution is 2.21. The molecule has 0 aromatic heterocycles. The Morgan fingerprint density at radius 3 is 2.59 bits per heavy atom. The number of piperidine rings is 1. The van der Waals surface area contributed by atoms with Gasteiger partial charge in [0, 0.05) is 25.7 Å². The first-order valence-electron chi connectivity index (χ1n) is 6.08. The zero-order valence-electron chi connectivity index (χ0n) is 10.1. The Kier molecular flexibility index (Phi) is 5.69. The topological polar surface area (TPSA) is 35.5 Å². The van der Waals surface area contributed by atoms with E-state index in [1.54, 1.807) is 0 Å². The van der Waals surface area contributed by atoms with Crippen LogP contribution in [0, 0.1) is 5.92 Å². The molecule has 1 aliphatic rings. The molecule has 1 saturated heterocycles. The van der Waals surface area contributed by atoms with Crippen molar-refractivity contribution in [2.45, 2.75) is 32.0 Å². The van der Waals surface area contributed by atoms with Crippen molar-refractivity contribution in [3.8, 4) is 0 Å². The number of aliphatic hydroxyl groups excluding tert-OH is 1. The van der Waals surface area contributed by atoms with Crippen molar-refractivity contribution < 1.29 is 18.3 Å². The van der Waals surface area contributed by atoms with E-state index in [1.165, 1.54) is 0 Å². The van der Waals surface area contributed by atoms with E-state index in [2.05, 4.69) is 10.2 Å². The van der Waals surface area contributed by atoms with Crippen molar-refractivity contribution in [3.05, 3.63) is 0 Å². The molecule has 0 aromatic rings. The van der Waals surface area contributed by atoms with Crippen LogP contribution >= 0.6 is 0 Å². The van der Waals surface area contributed by atoms with Gasteiger partial charge in [0.15, 0.2) is 0 Å². The van der Waals surface area contributed by atoms with Gasteiger partial charge in [0.25, 0.3) is 0 Å². The Morgan fingerprint density at radius 1 is 1.35 bits per heavy atom. The summed E-state index contributed by atoms with van der Waals surface area (Å²) >= 11 is 0. The smallest absolute Gasteiger partial charge is 0.396 e. The third-order valence-corrected chi connectivity index (χ3v) is 3.19. The number of rotatable bonds is 5. The standard InChI is InChI=1S/C11H21F3N2O/c1-2-16-6-9(3-4-17)5-10(7-16)15-8-11(12,13)14/h9-10,15,17H,2-8H2,1H3. The molecule has 0 bridgehead atoms. The molecular weight excluding hydrogens is 233 g/mol. The summed E-state index contributed by atoms with van der Waals surface area (Å²) in [7, 11) is 0. The molecule has 0 amide bonds. The Hall–Kier alpha value is -0.330. The number of nitrogens with zero attached hydrogens (tertiary/aromatic N) is 1. The van der Waals surface area contributed by atoms with Gasteiger partial charge in [-0.05, 0) is 25.3 Å². The third kappa shape index (κ3) is 5.70. The van der Waals surface area contributed by atoms with Crippen LogP contribution in [-0.4, -0.2) is 55.0 Å². The van der Waals surface area contributed by atoms with Crippen molar-refractivity contribution in [3.63, 3.8) is 0 Å². The van der Waals surface area contributed by atoms with Gasteiger partial charge in [-0.3, -0.25) is 0 Å². The quantitative estimate of drug-likeness (QED) is 0.774. The van der Waals surface area contributed by atoms with Crippen LogP contribution in [0.2, 0.25) is 0 Å². The van der Waals surface area contributed by atoms with E-state index < -0.39 is 12.7 Å². The first kappa shape index (κ1) is 14.7. The van der Waals surface area contributed by atoms with Crippen molar-refractivity contribution in [1.29, 1.82) is 0 Å². The van der Waals surface area contributed by atoms with Crippen molar-refractivity contribution in [2.24, 2.45) is 5.92 Å². The zero-order chi connectivity index (χ0) is 12.9. The molecule has 0 aromatic carbocycles. The molecule has 102 valence electrons. The van der Waals surface area contributed by atoms with E-state index in [9.17, 15) is 13.2 Å². The van der Waals surface area contributed by atoms with Crippen molar-refractivity contribution >= 4 is 0 Å². The van der Waals surface area contributed by atoms with Gasteiger partial charge in [-0.2, -0.15) is 13.2 Å². The van der Waals surface area contributed by atoms with Gasteiger partial charge < -0.3 is 15.3 Å². The van der Waals surface area contributed by atoms with Crippen LogP contribution in [0.5, 0.6) is 0 Å². The predicted octanol–water partition coefficient (Wildman–Crippen LogP) is 1.23. The van der Waals surface area contributed by atoms with Gasteiger partial charge in [-0.25, -0.2) is 0 Å². The highest BCUT2D eigenvalue weighted by Gasteiger charge is 2.31. The zero-order valence-corrected chi connectivity index (χ0v) is 10.1. The summed E-state index contributed by atoms with van der Waals surface area (Å²) < 4.78 is 36.4. The number of hydrogen-bond acceptors (Lipinski definition) is 3. The molecule has 17 heavy (non-hydrogen) atoms. The number of likely N-dealkylation sites (N-methyl/N-ethyl adjacent to an activating group) is 1. The molecule has 2 N–H and O–H groups in total. The second kappa shape index (κ2) is 6.56. The van der Waals surface area contributed by atoms with Crippen molar-refractivity contribution in [2.75, 3.05) is 32.8 Å². The average molecular weight is 254 g/mol. The fourth-order valence-electron chi connectivity index (χ4n) is 2.36. The Bertz CT molecular complexity index is 223. The van der Waals surface area contributed by atoms with E-state index >= 15 is 0 Å². The lowest BCUT2D eigenvalue weighted by Gasteiger charge is -2.37. The first-order valence-corrected chi connectivity index (χ1v) is 6.08. The van der Waals surface area contributed by atoms with E-state index in [-0.39, 0.29) is 12.6 Å². The van der Waals surface area contributed by atoms with Crippen LogP contribution in [0.3, 0.4) is 0 Å². The highest BCUT2D eigenvalue weighted by molar-refractivity contribution is 4.83. The molecule has 6 heteroatoms. The summed E-state index contributed by atoms with van der Waals surface area (Å²) in [6.45, 7) is 3.55. The largest absolute Gasteiger partial charge is 0.401 e. The molecule has 0 aliphatic carbocycles. The normalized spacial score (nSPS) is 27.4. The number of nitrogens with one attached hydrogen (secondary N) is 1. The molecule has 2 unspecified atom stereocenters. The van der Waals surface area contributed by atoms with Gasteiger partial charge in [-0.15, -0.1) is 0 Å². The number of aliphatic hydroxyl groups is 1. The lowest BCUT2D eigenvalue weighted by molar-refractivity contribution is -0.127. The van der Waals surface area contributed by atoms with Gasteiger partial charge in [0.2, 0.25) is 0 Å². The molecule has 1 rings (SSSR count). The predicted molar refractivity (Wildman–Crippen MR) is 59.8 cm³/mol. The molecule has 0 saturated carbocycles. The number of alkyl halides is 3. The fourth-order valence-corrected chi connectivity index (χ4v) is 2.36. The molecule has 0 spiro atoms. The molecule has 0 radical (unpaired) electrons. The Balaban J connectivity index is 2.42. The van der Waals surface area contributed by atoms with E-state index in [0.717, 1.165) is 13.1 Å². The second-order valence-electron chi connectivity index (χ2n) is 4.66. The minimum Gasteiger partial charge on any atom is -0.396 e. The Morgan fingerprint density at radius 2 is 2.06 bits per heavy atom. The maximum Gasteiger partial charge on any atom is 0.401 e. The average Bonchev–Trinajstić information content (AvgIpc) is 2.25. The summed E-state index contributed by atoms with van der Waals surface area (Å²) in [6, 6.07) is -0.123. The number of likely N-dealkylation sites (tertiary alicyclic amines) is 1. The molecule has 3 nitrogen and oxygen atoms in total. The minimum atomic E-state index is -4.15. The lowest BCUT2D eigenvalue weighted by atomic mass is 9.91. The Labute approximate surface area is 100.0 Å².